The molecule has 1 saturated heterocycles. The minimum Gasteiger partial charge on any atom is -0.347 e. The van der Waals surface area contributed by atoms with Crippen LogP contribution < -0.4 is 10.9 Å². The molecule has 0 aliphatic carbocycles. The number of para-hydroxylation sites is 1. The van der Waals surface area contributed by atoms with Crippen LogP contribution in [0.25, 0.3) is 5.69 Å². The lowest BCUT2D eigenvalue weighted by Gasteiger charge is -2.31. The SMILES string of the molecule is CS(=O)(=O)N1CCCC(NC(=O)c2ccc(=O)n(-c3ccccc3)n2)C1. The Bertz CT molecular complexity index is 956. The summed E-state index contributed by atoms with van der Waals surface area (Å²) in [6.45, 7) is 0.700. The summed E-state index contributed by atoms with van der Waals surface area (Å²) in [5, 5.41) is 6.95. The zero-order valence-corrected chi connectivity index (χ0v) is 15.1. The van der Waals surface area contributed by atoms with E-state index in [1.165, 1.54) is 21.1 Å². The number of nitrogens with one attached hydrogen (secondary N) is 1. The molecule has 1 atom stereocenters. The van der Waals surface area contributed by atoms with Gasteiger partial charge < -0.3 is 5.32 Å². The summed E-state index contributed by atoms with van der Waals surface area (Å²) in [5.41, 5.74) is 0.326. The number of carbonyl (C=O) groups is 1. The first-order valence-corrected chi connectivity index (χ1v) is 10.1. The normalized spacial score (nSPS) is 18.4. The average Bonchev–Trinajstić information content (AvgIpc) is 2.62. The van der Waals surface area contributed by atoms with Crippen molar-refractivity contribution in [2.24, 2.45) is 0 Å². The molecule has 1 fully saturated rings. The third-order valence-corrected chi connectivity index (χ3v) is 5.49. The second-order valence-corrected chi connectivity index (χ2v) is 8.22. The highest BCUT2D eigenvalue weighted by molar-refractivity contribution is 7.88. The van der Waals surface area contributed by atoms with Crippen molar-refractivity contribution in [1.29, 1.82) is 0 Å². The first-order chi connectivity index (χ1) is 12.3. The van der Waals surface area contributed by atoms with Crippen molar-refractivity contribution in [2.45, 2.75) is 18.9 Å². The summed E-state index contributed by atoms with van der Waals surface area (Å²) in [5.74, 6) is -0.435. The molecule has 0 radical (unpaired) electrons. The number of sulfonamides is 1. The Hall–Kier alpha value is -2.52. The molecule has 1 amide bonds. The molecule has 138 valence electrons. The van der Waals surface area contributed by atoms with Crippen LogP contribution >= 0.6 is 0 Å². The van der Waals surface area contributed by atoms with Gasteiger partial charge in [-0.15, -0.1) is 0 Å². The van der Waals surface area contributed by atoms with Crippen LogP contribution in [-0.2, 0) is 10.0 Å². The molecule has 1 aliphatic heterocycles. The molecule has 0 spiro atoms. The van der Waals surface area contributed by atoms with E-state index >= 15 is 0 Å². The van der Waals surface area contributed by atoms with E-state index in [2.05, 4.69) is 10.4 Å². The number of hydrogen-bond acceptors (Lipinski definition) is 5. The lowest BCUT2D eigenvalue weighted by Crippen LogP contribution is -2.49. The number of carbonyl (C=O) groups excluding carboxylic acids is 1. The minimum atomic E-state index is -3.29. The molecule has 0 saturated carbocycles. The fourth-order valence-electron chi connectivity index (χ4n) is 2.91. The van der Waals surface area contributed by atoms with Gasteiger partial charge in [-0.3, -0.25) is 9.59 Å². The third kappa shape index (κ3) is 4.17. The highest BCUT2D eigenvalue weighted by Gasteiger charge is 2.27. The van der Waals surface area contributed by atoms with Gasteiger partial charge in [0.1, 0.15) is 5.69 Å². The summed E-state index contributed by atoms with van der Waals surface area (Å²) in [6, 6.07) is 11.2. The Morgan fingerprint density at radius 2 is 1.92 bits per heavy atom. The molecule has 1 N–H and O–H groups in total. The van der Waals surface area contributed by atoms with Crippen LogP contribution in [0.15, 0.2) is 47.3 Å². The maximum absolute atomic E-state index is 12.5. The van der Waals surface area contributed by atoms with E-state index < -0.39 is 15.9 Å². The maximum Gasteiger partial charge on any atom is 0.272 e. The van der Waals surface area contributed by atoms with Gasteiger partial charge in [0, 0.05) is 25.2 Å². The van der Waals surface area contributed by atoms with Crippen LogP contribution in [0.3, 0.4) is 0 Å². The second-order valence-electron chi connectivity index (χ2n) is 6.24. The number of hydrogen-bond donors (Lipinski definition) is 1. The Balaban J connectivity index is 1.77. The van der Waals surface area contributed by atoms with E-state index in [0.29, 0.717) is 25.1 Å². The highest BCUT2D eigenvalue weighted by Crippen LogP contribution is 2.13. The molecule has 2 aromatic rings. The van der Waals surface area contributed by atoms with Crippen molar-refractivity contribution in [2.75, 3.05) is 19.3 Å². The Morgan fingerprint density at radius 1 is 1.19 bits per heavy atom. The number of amides is 1. The fourth-order valence-corrected chi connectivity index (χ4v) is 3.82. The molecule has 9 heteroatoms. The molecule has 1 unspecified atom stereocenters. The largest absolute Gasteiger partial charge is 0.347 e. The van der Waals surface area contributed by atoms with Gasteiger partial charge in [0.05, 0.1) is 11.9 Å². The number of nitrogens with zero attached hydrogens (tertiary/aromatic N) is 3. The minimum absolute atomic E-state index is 0.102. The van der Waals surface area contributed by atoms with Gasteiger partial charge in [-0.1, -0.05) is 18.2 Å². The van der Waals surface area contributed by atoms with Gasteiger partial charge in [-0.05, 0) is 31.0 Å². The smallest absolute Gasteiger partial charge is 0.272 e. The van der Waals surface area contributed by atoms with E-state index in [4.69, 9.17) is 0 Å². The van der Waals surface area contributed by atoms with E-state index in [1.54, 1.807) is 24.3 Å². The molecule has 1 aromatic carbocycles. The third-order valence-electron chi connectivity index (χ3n) is 4.22. The van der Waals surface area contributed by atoms with E-state index in [-0.39, 0.29) is 23.8 Å². The van der Waals surface area contributed by atoms with Gasteiger partial charge in [-0.25, -0.2) is 12.7 Å². The average molecular weight is 376 g/mol. The zero-order valence-electron chi connectivity index (χ0n) is 14.3. The first kappa shape index (κ1) is 18.3. The van der Waals surface area contributed by atoms with Crippen molar-refractivity contribution in [1.82, 2.24) is 19.4 Å². The van der Waals surface area contributed by atoms with Crippen molar-refractivity contribution >= 4 is 15.9 Å². The molecule has 8 nitrogen and oxygen atoms in total. The topological polar surface area (TPSA) is 101 Å². The number of benzene rings is 1. The maximum atomic E-state index is 12.5. The van der Waals surface area contributed by atoms with Gasteiger partial charge in [-0.2, -0.15) is 9.78 Å². The quantitative estimate of drug-likeness (QED) is 0.832. The summed E-state index contributed by atoms with van der Waals surface area (Å²) >= 11 is 0. The molecule has 3 rings (SSSR count). The van der Waals surface area contributed by atoms with Crippen LogP contribution in [0.1, 0.15) is 23.3 Å². The molecule has 0 bridgehead atoms. The lowest BCUT2D eigenvalue weighted by atomic mass is 10.1. The van der Waals surface area contributed by atoms with E-state index in [9.17, 15) is 18.0 Å². The predicted octanol–water partition coefficient (Wildman–Crippen LogP) is 0.386. The monoisotopic (exact) mass is 376 g/mol. The summed E-state index contributed by atoms with van der Waals surface area (Å²) in [4.78, 5) is 24.5. The van der Waals surface area contributed by atoms with Crippen LogP contribution in [0.2, 0.25) is 0 Å². The van der Waals surface area contributed by atoms with Crippen LogP contribution in [0.4, 0.5) is 0 Å². The van der Waals surface area contributed by atoms with Crippen molar-refractivity contribution < 1.29 is 13.2 Å². The lowest BCUT2D eigenvalue weighted by molar-refractivity contribution is 0.0914. The van der Waals surface area contributed by atoms with Gasteiger partial charge in [0.2, 0.25) is 10.0 Å². The number of aromatic nitrogens is 2. The highest BCUT2D eigenvalue weighted by atomic mass is 32.2. The molecule has 2 heterocycles. The van der Waals surface area contributed by atoms with E-state index in [0.717, 1.165) is 6.26 Å². The Morgan fingerprint density at radius 3 is 2.62 bits per heavy atom. The Kier molecular flexibility index (Phi) is 5.19. The van der Waals surface area contributed by atoms with Crippen LogP contribution in [0, 0.1) is 0 Å². The predicted molar refractivity (Wildman–Crippen MR) is 96.7 cm³/mol. The molecule has 1 aliphatic rings. The Labute approximate surface area is 151 Å². The molecule has 1 aromatic heterocycles. The van der Waals surface area contributed by atoms with Crippen LogP contribution in [-0.4, -0.2) is 53.8 Å². The van der Waals surface area contributed by atoms with Crippen molar-refractivity contribution in [3.8, 4) is 5.69 Å². The molecule has 26 heavy (non-hydrogen) atoms. The van der Waals surface area contributed by atoms with Gasteiger partial charge >= 0.3 is 0 Å². The second kappa shape index (κ2) is 7.38. The fraction of sp³-hybridized carbons (Fsp3) is 0.353. The van der Waals surface area contributed by atoms with Crippen molar-refractivity contribution in [3.05, 3.63) is 58.5 Å². The summed E-state index contributed by atoms with van der Waals surface area (Å²) in [7, 11) is -3.29. The molecular weight excluding hydrogens is 356 g/mol. The number of rotatable bonds is 4. The number of piperidine rings is 1. The molecular formula is C17H20N4O4S. The van der Waals surface area contributed by atoms with Gasteiger partial charge in [0.15, 0.2) is 0 Å². The summed E-state index contributed by atoms with van der Waals surface area (Å²) < 4.78 is 25.9. The zero-order chi connectivity index (χ0) is 18.7. The van der Waals surface area contributed by atoms with Crippen molar-refractivity contribution in [3.63, 3.8) is 0 Å². The standard InChI is InChI=1S/C17H20N4O4S/c1-26(24,25)20-11-5-6-13(12-20)18-17(23)15-9-10-16(22)21(19-15)14-7-3-2-4-8-14/h2-4,7-10,13H,5-6,11-12H2,1H3,(H,18,23). The summed E-state index contributed by atoms with van der Waals surface area (Å²) in [6.07, 6.45) is 2.53. The van der Waals surface area contributed by atoms with Gasteiger partial charge in [0.25, 0.3) is 11.5 Å². The first-order valence-electron chi connectivity index (χ1n) is 8.26. The van der Waals surface area contributed by atoms with Crippen LogP contribution in [0.5, 0.6) is 0 Å². The van der Waals surface area contributed by atoms with E-state index in [1.807, 2.05) is 6.07 Å².